The van der Waals surface area contributed by atoms with Crippen molar-refractivity contribution >= 4 is 23.2 Å². The van der Waals surface area contributed by atoms with Gasteiger partial charge in [0.15, 0.2) is 12.1 Å². The highest BCUT2D eigenvalue weighted by Crippen LogP contribution is 2.36. The van der Waals surface area contributed by atoms with E-state index in [0.29, 0.717) is 5.69 Å². The van der Waals surface area contributed by atoms with Crippen molar-refractivity contribution in [3.05, 3.63) is 58.7 Å². The zero-order valence-corrected chi connectivity index (χ0v) is 15.3. The molecule has 1 saturated heterocycles. The van der Waals surface area contributed by atoms with Gasteiger partial charge in [0.05, 0.1) is 11.4 Å². The van der Waals surface area contributed by atoms with E-state index in [0.717, 1.165) is 36.1 Å². The first-order chi connectivity index (χ1) is 13.0. The first-order valence-electron chi connectivity index (χ1n) is 9.31. The minimum absolute atomic E-state index is 0.257. The van der Waals surface area contributed by atoms with E-state index < -0.39 is 12.1 Å². The molecular weight excluding hydrogens is 340 g/mol. The monoisotopic (exact) mass is 360 g/mol. The second kappa shape index (κ2) is 5.74. The van der Waals surface area contributed by atoms with E-state index in [1.54, 1.807) is 5.01 Å². The molecule has 5 rings (SSSR count). The van der Waals surface area contributed by atoms with Gasteiger partial charge in [0.1, 0.15) is 0 Å². The molecule has 0 saturated carbocycles. The van der Waals surface area contributed by atoms with Gasteiger partial charge in [-0.1, -0.05) is 17.4 Å². The van der Waals surface area contributed by atoms with Crippen LogP contribution < -0.4 is 9.91 Å². The van der Waals surface area contributed by atoms with Crippen molar-refractivity contribution in [3.63, 3.8) is 0 Å². The van der Waals surface area contributed by atoms with Gasteiger partial charge in [0.2, 0.25) is 0 Å². The van der Waals surface area contributed by atoms with Crippen molar-refractivity contribution in [1.82, 2.24) is 0 Å². The second-order valence-corrected chi connectivity index (χ2v) is 7.60. The molecule has 6 nitrogen and oxygen atoms in total. The molecule has 1 aliphatic carbocycles. The SMILES string of the molecule is Cc1cc(C)cc(N2N=NC3C(=O)N(c4ccc5c(c4)CCC5)C(=O)C32)c1. The lowest BCUT2D eigenvalue weighted by Crippen LogP contribution is -2.40. The third-order valence-electron chi connectivity index (χ3n) is 5.59. The lowest BCUT2D eigenvalue weighted by Gasteiger charge is -2.21. The summed E-state index contributed by atoms with van der Waals surface area (Å²) in [7, 11) is 0. The number of imide groups is 1. The Morgan fingerprint density at radius 2 is 1.63 bits per heavy atom. The average Bonchev–Trinajstić information content (AvgIpc) is 3.31. The largest absolute Gasteiger partial charge is 0.271 e. The molecule has 0 spiro atoms. The van der Waals surface area contributed by atoms with E-state index in [4.69, 9.17) is 0 Å². The van der Waals surface area contributed by atoms with Crippen molar-refractivity contribution in [2.24, 2.45) is 10.3 Å². The van der Waals surface area contributed by atoms with Crippen LogP contribution in [-0.2, 0) is 22.4 Å². The number of amides is 2. The standard InChI is InChI=1S/C21H20N4O2/c1-12-8-13(2)10-17(9-12)25-19-18(22-23-25)20(26)24(21(19)27)16-7-6-14-4-3-5-15(14)11-16/h6-11,18-19H,3-5H2,1-2H3. The van der Waals surface area contributed by atoms with Gasteiger partial charge < -0.3 is 0 Å². The van der Waals surface area contributed by atoms with Gasteiger partial charge in [0, 0.05) is 0 Å². The zero-order valence-electron chi connectivity index (χ0n) is 15.3. The van der Waals surface area contributed by atoms with Crippen molar-refractivity contribution in [3.8, 4) is 0 Å². The van der Waals surface area contributed by atoms with E-state index >= 15 is 0 Å². The fourth-order valence-corrected chi connectivity index (χ4v) is 4.41. The van der Waals surface area contributed by atoms with E-state index in [9.17, 15) is 9.59 Å². The summed E-state index contributed by atoms with van der Waals surface area (Å²) in [5.41, 5.74) is 6.15. The number of carbonyl (C=O) groups excluding carboxylic acids is 2. The summed E-state index contributed by atoms with van der Waals surface area (Å²) in [6.07, 6.45) is 3.19. The van der Waals surface area contributed by atoms with Gasteiger partial charge >= 0.3 is 0 Å². The molecule has 2 aromatic rings. The topological polar surface area (TPSA) is 65.3 Å². The second-order valence-electron chi connectivity index (χ2n) is 7.60. The van der Waals surface area contributed by atoms with Crippen LogP contribution in [0.25, 0.3) is 0 Å². The fourth-order valence-electron chi connectivity index (χ4n) is 4.41. The Morgan fingerprint density at radius 1 is 0.889 bits per heavy atom. The van der Waals surface area contributed by atoms with Gasteiger partial charge in [-0.15, -0.1) is 0 Å². The molecule has 27 heavy (non-hydrogen) atoms. The predicted octanol–water partition coefficient (Wildman–Crippen LogP) is 3.29. The Bertz CT molecular complexity index is 993. The van der Waals surface area contributed by atoms with Crippen LogP contribution in [0.3, 0.4) is 0 Å². The highest BCUT2D eigenvalue weighted by molar-refractivity contribution is 6.26. The average molecular weight is 360 g/mol. The highest BCUT2D eigenvalue weighted by atomic mass is 16.2. The minimum Gasteiger partial charge on any atom is -0.271 e. The number of nitrogens with zero attached hydrogens (tertiary/aromatic N) is 4. The van der Waals surface area contributed by atoms with Crippen LogP contribution in [-0.4, -0.2) is 23.9 Å². The van der Waals surface area contributed by atoms with Crippen LogP contribution in [0, 0.1) is 13.8 Å². The first kappa shape index (κ1) is 16.2. The smallest absolute Gasteiger partial charge is 0.263 e. The molecule has 2 unspecified atom stereocenters. The number of benzene rings is 2. The lowest BCUT2D eigenvalue weighted by atomic mass is 10.1. The maximum atomic E-state index is 13.2. The van der Waals surface area contributed by atoms with Crippen LogP contribution in [0.15, 0.2) is 46.7 Å². The fraction of sp³-hybridized carbons (Fsp3) is 0.333. The summed E-state index contributed by atoms with van der Waals surface area (Å²) in [5.74, 6) is -0.550. The zero-order chi connectivity index (χ0) is 18.7. The first-order valence-corrected chi connectivity index (χ1v) is 9.31. The van der Waals surface area contributed by atoms with Gasteiger partial charge in [-0.3, -0.25) is 9.59 Å². The van der Waals surface area contributed by atoms with Gasteiger partial charge in [-0.05, 0) is 79.6 Å². The number of hydrogen-bond acceptors (Lipinski definition) is 5. The Hall–Kier alpha value is -3.02. The molecule has 0 bridgehead atoms. The molecule has 2 amide bonds. The Morgan fingerprint density at radius 3 is 2.41 bits per heavy atom. The molecular formula is C21H20N4O2. The van der Waals surface area contributed by atoms with Crippen molar-refractivity contribution in [2.75, 3.05) is 9.91 Å². The summed E-state index contributed by atoms with van der Waals surface area (Å²) in [4.78, 5) is 27.4. The Balaban J connectivity index is 1.51. The quantitative estimate of drug-likeness (QED) is 0.772. The van der Waals surface area contributed by atoms with Crippen molar-refractivity contribution < 1.29 is 9.59 Å². The molecule has 3 aliphatic rings. The molecule has 0 N–H and O–H groups in total. The number of fused-ring (bicyclic) bond motifs is 2. The molecule has 0 aromatic heterocycles. The number of hydrogen-bond donors (Lipinski definition) is 0. The summed E-state index contributed by atoms with van der Waals surface area (Å²) in [6.45, 7) is 4.00. The summed E-state index contributed by atoms with van der Waals surface area (Å²) >= 11 is 0. The molecule has 0 radical (unpaired) electrons. The molecule has 136 valence electrons. The Labute approximate surface area is 157 Å². The van der Waals surface area contributed by atoms with Gasteiger partial charge in [-0.25, -0.2) is 9.91 Å². The maximum absolute atomic E-state index is 13.2. The Kier molecular flexibility index (Phi) is 3.44. The van der Waals surface area contributed by atoms with Gasteiger partial charge in [0.25, 0.3) is 11.8 Å². The minimum atomic E-state index is -0.772. The van der Waals surface area contributed by atoms with E-state index in [1.165, 1.54) is 16.0 Å². The lowest BCUT2D eigenvalue weighted by molar-refractivity contribution is -0.121. The van der Waals surface area contributed by atoms with Crippen LogP contribution in [0.1, 0.15) is 28.7 Å². The van der Waals surface area contributed by atoms with Gasteiger partial charge in [-0.2, -0.15) is 5.11 Å². The number of carbonyl (C=O) groups is 2. The summed E-state index contributed by atoms with van der Waals surface area (Å²) in [6, 6.07) is 10.4. The summed E-state index contributed by atoms with van der Waals surface area (Å²) in [5, 5.41) is 9.88. The number of rotatable bonds is 2. The summed E-state index contributed by atoms with van der Waals surface area (Å²) < 4.78 is 0. The molecule has 2 aromatic carbocycles. The molecule has 2 atom stereocenters. The van der Waals surface area contributed by atoms with E-state index in [2.05, 4.69) is 16.4 Å². The number of aryl methyl sites for hydroxylation is 4. The van der Waals surface area contributed by atoms with Crippen LogP contribution >= 0.6 is 0 Å². The van der Waals surface area contributed by atoms with Crippen LogP contribution in [0.5, 0.6) is 0 Å². The third kappa shape index (κ3) is 2.40. The third-order valence-corrected chi connectivity index (χ3v) is 5.59. The molecule has 2 heterocycles. The van der Waals surface area contributed by atoms with E-state index in [-0.39, 0.29) is 11.8 Å². The molecule has 2 aliphatic heterocycles. The predicted molar refractivity (Wildman–Crippen MR) is 102 cm³/mol. The van der Waals surface area contributed by atoms with Crippen LogP contribution in [0.4, 0.5) is 11.4 Å². The van der Waals surface area contributed by atoms with Crippen molar-refractivity contribution in [1.29, 1.82) is 0 Å². The number of anilines is 2. The molecule has 6 heteroatoms. The highest BCUT2D eigenvalue weighted by Gasteiger charge is 2.55. The maximum Gasteiger partial charge on any atom is 0.263 e. The molecule has 1 fully saturated rings. The van der Waals surface area contributed by atoms with Crippen molar-refractivity contribution in [2.45, 2.75) is 45.2 Å². The van der Waals surface area contributed by atoms with E-state index in [1.807, 2.05) is 44.2 Å². The van der Waals surface area contributed by atoms with Crippen LogP contribution in [0.2, 0.25) is 0 Å². The normalized spacial score (nSPS) is 23.3.